The molecule has 1 aliphatic heterocycles. The number of nitrogens with zero attached hydrogens (tertiary/aromatic N) is 3. The maximum atomic E-state index is 12.4. The Balaban J connectivity index is 1.38. The summed E-state index contributed by atoms with van der Waals surface area (Å²) in [7, 11) is 1.89. The molecule has 2 amide bonds. The largest absolute Gasteiger partial charge is 0.385 e. The molecule has 1 saturated heterocycles. The van der Waals surface area contributed by atoms with Crippen molar-refractivity contribution in [2.45, 2.75) is 38.7 Å². The fraction of sp³-hybridized carbons (Fsp3) is 0.524. The van der Waals surface area contributed by atoms with Crippen LogP contribution in [0.3, 0.4) is 0 Å². The van der Waals surface area contributed by atoms with Crippen LogP contribution >= 0.6 is 0 Å². The number of imidazole rings is 1. The quantitative estimate of drug-likeness (QED) is 0.768. The van der Waals surface area contributed by atoms with Gasteiger partial charge in [-0.3, -0.25) is 0 Å². The van der Waals surface area contributed by atoms with E-state index in [1.54, 1.807) is 6.20 Å². The first-order valence-corrected chi connectivity index (χ1v) is 9.78. The molecule has 3 rings (SSSR count). The van der Waals surface area contributed by atoms with E-state index in [-0.39, 0.29) is 11.9 Å². The highest BCUT2D eigenvalue weighted by molar-refractivity contribution is 5.74. The Morgan fingerprint density at radius 2 is 2.15 bits per heavy atom. The molecule has 1 aromatic heterocycles. The van der Waals surface area contributed by atoms with E-state index in [9.17, 15) is 9.90 Å². The molecular formula is C21H30N4O2. The van der Waals surface area contributed by atoms with Gasteiger partial charge in [-0.1, -0.05) is 29.8 Å². The molecular weight excluding hydrogens is 340 g/mol. The fourth-order valence-electron chi connectivity index (χ4n) is 3.76. The van der Waals surface area contributed by atoms with Crippen molar-refractivity contribution in [3.8, 4) is 0 Å². The summed E-state index contributed by atoms with van der Waals surface area (Å²) in [5, 5.41) is 13.6. The summed E-state index contributed by atoms with van der Waals surface area (Å²) in [5.41, 5.74) is 2.58. The molecule has 1 fully saturated rings. The number of piperidine rings is 1. The number of carbonyl (C=O) groups is 1. The fourth-order valence-corrected chi connectivity index (χ4v) is 3.76. The normalized spacial score (nSPS) is 16.3. The summed E-state index contributed by atoms with van der Waals surface area (Å²) in [6, 6.07) is 8.50. The van der Waals surface area contributed by atoms with Crippen molar-refractivity contribution in [3.63, 3.8) is 0 Å². The summed E-state index contributed by atoms with van der Waals surface area (Å²) in [4.78, 5) is 18.5. The van der Waals surface area contributed by atoms with Gasteiger partial charge >= 0.3 is 6.03 Å². The zero-order valence-electron chi connectivity index (χ0n) is 16.3. The molecule has 27 heavy (non-hydrogen) atoms. The van der Waals surface area contributed by atoms with E-state index >= 15 is 0 Å². The van der Waals surface area contributed by atoms with Gasteiger partial charge in [0.05, 0.1) is 0 Å². The minimum Gasteiger partial charge on any atom is -0.385 e. The van der Waals surface area contributed by atoms with E-state index in [1.165, 1.54) is 11.1 Å². The average molecular weight is 370 g/mol. The molecule has 6 nitrogen and oxygen atoms in total. The summed E-state index contributed by atoms with van der Waals surface area (Å²) in [5.74, 6) is 0.852. The second-order valence-electron chi connectivity index (χ2n) is 7.49. The van der Waals surface area contributed by atoms with Crippen molar-refractivity contribution in [1.29, 1.82) is 0 Å². The topological polar surface area (TPSA) is 70.4 Å². The average Bonchev–Trinajstić information content (AvgIpc) is 3.10. The summed E-state index contributed by atoms with van der Waals surface area (Å²) in [6.45, 7) is 4.13. The minimum atomic E-state index is -0.565. The highest BCUT2D eigenvalue weighted by atomic mass is 16.3. The first-order chi connectivity index (χ1) is 13.0. The van der Waals surface area contributed by atoms with Crippen LogP contribution in [0.4, 0.5) is 4.79 Å². The van der Waals surface area contributed by atoms with Crippen molar-refractivity contribution in [2.75, 3.05) is 19.6 Å². The number of nitrogens with one attached hydrogen (secondary N) is 1. The third-order valence-electron chi connectivity index (χ3n) is 5.40. The number of rotatable bonds is 6. The highest BCUT2D eigenvalue weighted by Gasteiger charge is 2.29. The number of benzene rings is 1. The van der Waals surface area contributed by atoms with Crippen LogP contribution in [0.2, 0.25) is 0 Å². The van der Waals surface area contributed by atoms with Gasteiger partial charge in [-0.15, -0.1) is 0 Å². The van der Waals surface area contributed by atoms with Crippen LogP contribution < -0.4 is 5.32 Å². The van der Waals surface area contributed by atoms with E-state index < -0.39 is 6.10 Å². The monoisotopic (exact) mass is 370 g/mol. The van der Waals surface area contributed by atoms with E-state index in [0.29, 0.717) is 25.5 Å². The zero-order valence-corrected chi connectivity index (χ0v) is 16.3. The predicted octanol–water partition coefficient (Wildman–Crippen LogP) is 2.82. The van der Waals surface area contributed by atoms with Gasteiger partial charge in [0.1, 0.15) is 11.9 Å². The van der Waals surface area contributed by atoms with Crippen LogP contribution in [0, 0.1) is 12.8 Å². The Morgan fingerprint density at radius 3 is 2.81 bits per heavy atom. The van der Waals surface area contributed by atoms with Crippen molar-refractivity contribution in [2.24, 2.45) is 13.0 Å². The number of amides is 2. The number of aromatic nitrogens is 2. The Bertz CT molecular complexity index is 750. The van der Waals surface area contributed by atoms with Gasteiger partial charge < -0.3 is 19.9 Å². The molecule has 0 radical (unpaired) electrons. The number of hydrogen-bond acceptors (Lipinski definition) is 3. The third kappa shape index (κ3) is 5.10. The number of urea groups is 1. The maximum absolute atomic E-state index is 12.4. The summed E-state index contributed by atoms with van der Waals surface area (Å²) < 4.78 is 1.86. The van der Waals surface area contributed by atoms with Gasteiger partial charge in [-0.2, -0.15) is 0 Å². The third-order valence-corrected chi connectivity index (χ3v) is 5.40. The van der Waals surface area contributed by atoms with Crippen LogP contribution in [0.25, 0.3) is 0 Å². The van der Waals surface area contributed by atoms with Crippen molar-refractivity contribution in [3.05, 3.63) is 53.6 Å². The van der Waals surface area contributed by atoms with Gasteiger partial charge in [-0.25, -0.2) is 9.78 Å². The predicted molar refractivity (Wildman–Crippen MR) is 105 cm³/mol. The van der Waals surface area contributed by atoms with Crippen LogP contribution in [0.1, 0.15) is 42.3 Å². The molecule has 2 N–H and O–H groups in total. The molecule has 0 saturated carbocycles. The van der Waals surface area contributed by atoms with Gasteiger partial charge in [0.25, 0.3) is 0 Å². The first-order valence-electron chi connectivity index (χ1n) is 9.78. The number of aliphatic hydroxyl groups excluding tert-OH is 1. The lowest BCUT2D eigenvalue weighted by atomic mass is 9.91. The second kappa shape index (κ2) is 9.04. The van der Waals surface area contributed by atoms with Gasteiger partial charge in [0, 0.05) is 39.1 Å². The Kier molecular flexibility index (Phi) is 6.50. The van der Waals surface area contributed by atoms with Crippen LogP contribution in [-0.4, -0.2) is 45.2 Å². The lowest BCUT2D eigenvalue weighted by Gasteiger charge is -2.34. The van der Waals surface area contributed by atoms with E-state index in [0.717, 1.165) is 25.7 Å². The molecule has 0 aliphatic carbocycles. The van der Waals surface area contributed by atoms with E-state index in [1.807, 2.05) is 22.7 Å². The van der Waals surface area contributed by atoms with E-state index in [4.69, 9.17) is 0 Å². The smallest absolute Gasteiger partial charge is 0.317 e. The molecule has 0 spiro atoms. The lowest BCUT2D eigenvalue weighted by Crippen LogP contribution is -2.45. The second-order valence-corrected chi connectivity index (χ2v) is 7.49. The number of aliphatic hydroxyl groups is 1. The first kappa shape index (κ1) is 19.4. The Labute approximate surface area is 161 Å². The number of likely N-dealkylation sites (tertiary alicyclic amines) is 1. The Morgan fingerprint density at radius 1 is 1.37 bits per heavy atom. The lowest BCUT2D eigenvalue weighted by molar-refractivity contribution is 0.0584. The van der Waals surface area contributed by atoms with Gasteiger partial charge in [0.2, 0.25) is 0 Å². The minimum absolute atomic E-state index is 0.00386. The maximum Gasteiger partial charge on any atom is 0.317 e. The van der Waals surface area contributed by atoms with Crippen LogP contribution in [-0.2, 0) is 13.5 Å². The number of aryl methyl sites for hydroxylation is 3. The molecule has 1 aromatic carbocycles. The summed E-state index contributed by atoms with van der Waals surface area (Å²) in [6.07, 6.45) is 6.49. The standard InChI is InChI=1S/C21H30N4O2/c1-16-5-3-6-17(15-16)7-4-10-23-21(27)25-12-8-18(9-13-25)19(26)20-22-11-14-24(20)2/h3,5-6,11,14-15,18-19,26H,4,7-10,12-13H2,1-2H3,(H,23,27)/t19-/m1/s1. The molecule has 1 atom stereocenters. The van der Waals surface area contributed by atoms with E-state index in [2.05, 4.69) is 41.5 Å². The molecule has 6 heteroatoms. The zero-order chi connectivity index (χ0) is 19.2. The highest BCUT2D eigenvalue weighted by Crippen LogP contribution is 2.29. The van der Waals surface area contributed by atoms with Crippen LogP contribution in [0.5, 0.6) is 0 Å². The number of carbonyl (C=O) groups excluding carboxylic acids is 1. The van der Waals surface area contributed by atoms with Crippen LogP contribution in [0.15, 0.2) is 36.7 Å². The molecule has 1 aliphatic rings. The Hall–Kier alpha value is -2.34. The number of hydrogen-bond donors (Lipinski definition) is 2. The molecule has 0 unspecified atom stereocenters. The van der Waals surface area contributed by atoms with Crippen molar-refractivity contribution < 1.29 is 9.90 Å². The molecule has 2 aromatic rings. The SMILES string of the molecule is Cc1cccc(CCCNC(=O)N2CCC([C@@H](O)c3nccn3C)CC2)c1. The molecule has 0 bridgehead atoms. The summed E-state index contributed by atoms with van der Waals surface area (Å²) >= 11 is 0. The van der Waals surface area contributed by atoms with Crippen molar-refractivity contribution in [1.82, 2.24) is 19.8 Å². The van der Waals surface area contributed by atoms with Crippen molar-refractivity contribution >= 4 is 6.03 Å². The molecule has 146 valence electrons. The van der Waals surface area contributed by atoms with Gasteiger partial charge in [-0.05, 0) is 44.1 Å². The van der Waals surface area contributed by atoms with Gasteiger partial charge in [0.15, 0.2) is 0 Å². The molecule has 2 heterocycles.